The van der Waals surface area contributed by atoms with Gasteiger partial charge in [0.05, 0.1) is 18.2 Å². The zero-order valence-electron chi connectivity index (χ0n) is 9.96. The number of nitriles is 1. The van der Waals surface area contributed by atoms with Gasteiger partial charge < -0.3 is 0 Å². The molecule has 1 saturated heterocycles. The molecule has 0 atom stereocenters. The predicted molar refractivity (Wildman–Crippen MR) is 69.7 cm³/mol. The minimum atomic E-state index is -0.377. The molecular formula is C13H10N2O3S. The van der Waals surface area contributed by atoms with Crippen LogP contribution in [0, 0.1) is 11.3 Å². The van der Waals surface area contributed by atoms with Gasteiger partial charge in [-0.3, -0.25) is 19.3 Å². The Labute approximate surface area is 114 Å². The first kappa shape index (κ1) is 13.3. The van der Waals surface area contributed by atoms with E-state index in [2.05, 4.69) is 0 Å². The molecule has 0 aliphatic carbocycles. The molecule has 6 heteroatoms. The van der Waals surface area contributed by atoms with E-state index in [9.17, 15) is 14.4 Å². The van der Waals surface area contributed by atoms with Crippen molar-refractivity contribution in [2.24, 2.45) is 0 Å². The first-order valence-corrected chi connectivity index (χ1v) is 6.61. The first-order chi connectivity index (χ1) is 9.11. The summed E-state index contributed by atoms with van der Waals surface area (Å²) in [6, 6.07) is 8.06. The molecule has 1 aliphatic rings. The lowest BCUT2D eigenvalue weighted by Crippen LogP contribution is -2.41. The maximum Gasteiger partial charge on any atom is 0.288 e. The topological polar surface area (TPSA) is 78.2 Å². The molecule has 0 aromatic heterocycles. The minimum absolute atomic E-state index is 0.240. The summed E-state index contributed by atoms with van der Waals surface area (Å²) < 4.78 is 0. The van der Waals surface area contributed by atoms with Crippen LogP contribution in [0.4, 0.5) is 4.79 Å². The highest BCUT2D eigenvalue weighted by atomic mass is 32.2. The van der Waals surface area contributed by atoms with Crippen molar-refractivity contribution in [2.45, 2.75) is 6.42 Å². The van der Waals surface area contributed by atoms with Crippen LogP contribution < -0.4 is 0 Å². The average Bonchev–Trinajstić information content (AvgIpc) is 2.43. The summed E-state index contributed by atoms with van der Waals surface area (Å²) in [6.45, 7) is -0.240. The lowest BCUT2D eigenvalue weighted by molar-refractivity contribution is -0.127. The highest BCUT2D eigenvalue weighted by Gasteiger charge is 2.28. The molecule has 0 spiro atoms. The van der Waals surface area contributed by atoms with Crippen molar-refractivity contribution in [3.63, 3.8) is 0 Å². The first-order valence-electron chi connectivity index (χ1n) is 5.62. The van der Waals surface area contributed by atoms with Crippen LogP contribution in [0.15, 0.2) is 24.3 Å². The SMILES string of the molecule is N#Cc1ccc(C(=O)CN2C(=O)CCSC2=O)cc1. The molecule has 96 valence electrons. The summed E-state index contributed by atoms with van der Waals surface area (Å²) in [5.41, 5.74) is 0.840. The van der Waals surface area contributed by atoms with Gasteiger partial charge in [-0.25, -0.2) is 0 Å². The Morgan fingerprint density at radius 2 is 2.00 bits per heavy atom. The van der Waals surface area contributed by atoms with Crippen LogP contribution in [-0.4, -0.2) is 34.1 Å². The Balaban J connectivity index is 2.09. The fourth-order valence-electron chi connectivity index (χ4n) is 1.66. The second-order valence-electron chi connectivity index (χ2n) is 3.96. The third-order valence-electron chi connectivity index (χ3n) is 2.70. The Bertz CT molecular complexity index is 559. The van der Waals surface area contributed by atoms with Crippen LogP contribution in [0.3, 0.4) is 0 Å². The van der Waals surface area contributed by atoms with Gasteiger partial charge in [0, 0.05) is 17.7 Å². The van der Waals surface area contributed by atoms with E-state index in [1.807, 2.05) is 6.07 Å². The molecule has 2 rings (SSSR count). The summed E-state index contributed by atoms with van der Waals surface area (Å²) >= 11 is 1.04. The number of rotatable bonds is 3. The van der Waals surface area contributed by atoms with Crippen LogP contribution in [0.5, 0.6) is 0 Å². The number of imide groups is 1. The zero-order chi connectivity index (χ0) is 13.8. The Hall–Kier alpha value is -2.13. The van der Waals surface area contributed by atoms with Gasteiger partial charge in [-0.2, -0.15) is 5.26 Å². The number of hydrogen-bond acceptors (Lipinski definition) is 5. The third-order valence-corrected chi connectivity index (χ3v) is 3.58. The van der Waals surface area contributed by atoms with Gasteiger partial charge in [0.25, 0.3) is 5.24 Å². The zero-order valence-corrected chi connectivity index (χ0v) is 10.8. The normalized spacial score (nSPS) is 15.2. The van der Waals surface area contributed by atoms with Crippen molar-refractivity contribution in [2.75, 3.05) is 12.3 Å². The van der Waals surface area contributed by atoms with Crippen molar-refractivity contribution in [3.8, 4) is 6.07 Å². The fraction of sp³-hybridized carbons (Fsp3) is 0.231. The van der Waals surface area contributed by atoms with Crippen LogP contribution in [0.2, 0.25) is 0 Å². The summed E-state index contributed by atoms with van der Waals surface area (Å²) in [6.07, 6.45) is 0.275. The Morgan fingerprint density at radius 3 is 2.58 bits per heavy atom. The minimum Gasteiger partial charge on any atom is -0.292 e. The molecule has 1 aromatic carbocycles. The van der Waals surface area contributed by atoms with Gasteiger partial charge in [0.1, 0.15) is 0 Å². The maximum absolute atomic E-state index is 12.0. The van der Waals surface area contributed by atoms with Crippen molar-refractivity contribution in [1.82, 2.24) is 4.90 Å². The molecule has 1 heterocycles. The maximum atomic E-state index is 12.0. The van der Waals surface area contributed by atoms with E-state index >= 15 is 0 Å². The van der Waals surface area contributed by atoms with E-state index in [0.717, 1.165) is 16.7 Å². The van der Waals surface area contributed by atoms with Gasteiger partial charge in [-0.15, -0.1) is 0 Å². The highest BCUT2D eigenvalue weighted by Crippen LogP contribution is 2.18. The van der Waals surface area contributed by atoms with Gasteiger partial charge in [0.15, 0.2) is 5.78 Å². The van der Waals surface area contributed by atoms with E-state index < -0.39 is 0 Å². The summed E-state index contributed by atoms with van der Waals surface area (Å²) in [5.74, 6) is -0.154. The Morgan fingerprint density at radius 1 is 1.32 bits per heavy atom. The van der Waals surface area contributed by atoms with E-state index in [0.29, 0.717) is 16.9 Å². The molecule has 0 bridgehead atoms. The Kier molecular flexibility index (Phi) is 3.97. The molecule has 1 aromatic rings. The molecule has 19 heavy (non-hydrogen) atoms. The molecular weight excluding hydrogens is 264 g/mol. The number of thioether (sulfide) groups is 1. The number of ketones is 1. The summed E-state index contributed by atoms with van der Waals surface area (Å²) in [4.78, 5) is 36.1. The van der Waals surface area contributed by atoms with Gasteiger partial charge in [0.2, 0.25) is 5.91 Å². The van der Waals surface area contributed by atoms with Gasteiger partial charge in [-0.05, 0) is 12.1 Å². The third kappa shape index (κ3) is 3.01. The van der Waals surface area contributed by atoms with Crippen molar-refractivity contribution >= 4 is 28.7 Å². The lowest BCUT2D eigenvalue weighted by atomic mass is 10.1. The lowest BCUT2D eigenvalue weighted by Gasteiger charge is -2.23. The molecule has 0 N–H and O–H groups in total. The summed E-state index contributed by atoms with van der Waals surface area (Å²) in [7, 11) is 0. The van der Waals surface area contributed by atoms with Crippen LogP contribution in [0.1, 0.15) is 22.3 Å². The largest absolute Gasteiger partial charge is 0.292 e. The van der Waals surface area contributed by atoms with Gasteiger partial charge in [-0.1, -0.05) is 23.9 Å². The molecule has 2 amide bonds. The number of nitrogens with zero attached hydrogens (tertiary/aromatic N) is 2. The molecule has 1 fully saturated rings. The van der Waals surface area contributed by atoms with Crippen LogP contribution in [-0.2, 0) is 4.79 Å². The van der Waals surface area contributed by atoms with Crippen LogP contribution in [0.25, 0.3) is 0 Å². The van der Waals surface area contributed by atoms with Crippen LogP contribution >= 0.6 is 11.8 Å². The molecule has 0 unspecified atom stereocenters. The number of carbonyl (C=O) groups excluding carboxylic acids is 3. The molecule has 1 aliphatic heterocycles. The number of carbonyl (C=O) groups is 3. The van der Waals surface area contributed by atoms with Gasteiger partial charge >= 0.3 is 0 Å². The van der Waals surface area contributed by atoms with Crippen molar-refractivity contribution < 1.29 is 14.4 Å². The monoisotopic (exact) mass is 274 g/mol. The van der Waals surface area contributed by atoms with E-state index in [4.69, 9.17) is 5.26 Å². The second-order valence-corrected chi connectivity index (χ2v) is 5.00. The smallest absolute Gasteiger partial charge is 0.288 e. The molecule has 0 saturated carbocycles. The standard InChI is InChI=1S/C13H10N2O3S/c14-7-9-1-3-10(4-2-9)11(16)8-15-12(17)5-6-19-13(15)18/h1-4H,5-6,8H2. The highest BCUT2D eigenvalue weighted by molar-refractivity contribution is 8.13. The molecule has 5 nitrogen and oxygen atoms in total. The second kappa shape index (κ2) is 5.67. The summed E-state index contributed by atoms with van der Waals surface area (Å²) in [5, 5.41) is 8.29. The van der Waals surface area contributed by atoms with Crippen molar-refractivity contribution in [3.05, 3.63) is 35.4 Å². The quantitative estimate of drug-likeness (QED) is 0.786. The van der Waals surface area contributed by atoms with E-state index in [-0.39, 0.29) is 29.9 Å². The van der Waals surface area contributed by atoms with E-state index in [1.54, 1.807) is 0 Å². The average molecular weight is 274 g/mol. The van der Waals surface area contributed by atoms with Crippen molar-refractivity contribution in [1.29, 1.82) is 5.26 Å². The number of Topliss-reactive ketones (excluding diaryl/α,β-unsaturated/α-hetero) is 1. The number of amides is 2. The van der Waals surface area contributed by atoms with E-state index in [1.165, 1.54) is 24.3 Å². The molecule has 0 radical (unpaired) electrons. The number of hydrogen-bond donors (Lipinski definition) is 0. The predicted octanol–water partition coefficient (Wildman–Crippen LogP) is 1.83. The fourth-order valence-corrected chi connectivity index (χ4v) is 2.43. The number of benzene rings is 1.